The van der Waals surface area contributed by atoms with Gasteiger partial charge in [-0.05, 0) is 23.3 Å². The zero-order chi connectivity index (χ0) is 15.3. The lowest BCUT2D eigenvalue weighted by Gasteiger charge is -2.10. The molecule has 21 heavy (non-hydrogen) atoms. The second-order valence-electron chi connectivity index (χ2n) is 4.73. The van der Waals surface area contributed by atoms with E-state index in [-0.39, 0.29) is 4.90 Å². The highest BCUT2D eigenvalue weighted by molar-refractivity contribution is 7.90. The molecule has 0 amide bonds. The molecular formula is C15H18N2O3S. The number of pyridine rings is 1. The van der Waals surface area contributed by atoms with E-state index in [1.165, 1.54) is 6.26 Å². The minimum atomic E-state index is -3.30. The first-order valence-electron chi connectivity index (χ1n) is 6.46. The molecule has 0 radical (unpaired) electrons. The van der Waals surface area contributed by atoms with Crippen molar-refractivity contribution < 1.29 is 13.2 Å². The van der Waals surface area contributed by atoms with E-state index in [4.69, 9.17) is 4.74 Å². The normalized spacial score (nSPS) is 11.3. The first-order chi connectivity index (χ1) is 10.0. The van der Waals surface area contributed by atoms with Crippen LogP contribution in [0.2, 0.25) is 0 Å². The van der Waals surface area contributed by atoms with E-state index in [1.54, 1.807) is 25.4 Å². The second kappa shape index (κ2) is 6.69. The fourth-order valence-corrected chi connectivity index (χ4v) is 2.81. The van der Waals surface area contributed by atoms with Gasteiger partial charge in [0.15, 0.2) is 9.84 Å². The van der Waals surface area contributed by atoms with Crippen LogP contribution in [0.25, 0.3) is 0 Å². The molecule has 0 bridgehead atoms. The third-order valence-electron chi connectivity index (χ3n) is 2.93. The van der Waals surface area contributed by atoms with Gasteiger partial charge < -0.3 is 10.1 Å². The molecule has 0 saturated heterocycles. The van der Waals surface area contributed by atoms with E-state index in [2.05, 4.69) is 10.3 Å². The Hall–Kier alpha value is -1.92. The molecule has 0 unspecified atom stereocenters. The Bertz CT molecular complexity index is 714. The molecule has 5 nitrogen and oxygen atoms in total. The van der Waals surface area contributed by atoms with Crippen LogP contribution in [0.3, 0.4) is 0 Å². The molecule has 0 aliphatic carbocycles. The molecule has 1 aromatic heterocycles. The van der Waals surface area contributed by atoms with Crippen LogP contribution in [0, 0.1) is 0 Å². The van der Waals surface area contributed by atoms with Gasteiger partial charge in [-0.2, -0.15) is 0 Å². The lowest BCUT2D eigenvalue weighted by atomic mass is 10.1. The molecule has 1 heterocycles. The predicted molar refractivity (Wildman–Crippen MR) is 81.8 cm³/mol. The van der Waals surface area contributed by atoms with E-state index >= 15 is 0 Å². The number of hydrogen-bond donors (Lipinski definition) is 1. The van der Waals surface area contributed by atoms with Gasteiger partial charge in [-0.25, -0.2) is 13.4 Å². The Labute approximate surface area is 124 Å². The van der Waals surface area contributed by atoms with Crippen LogP contribution >= 0.6 is 0 Å². The molecule has 2 aromatic rings. The summed E-state index contributed by atoms with van der Waals surface area (Å²) in [5.41, 5.74) is 2.11. The lowest BCUT2D eigenvalue weighted by Crippen LogP contribution is -2.08. The highest BCUT2D eigenvalue weighted by Gasteiger charge is 2.13. The molecular weight excluding hydrogens is 288 g/mol. The number of methoxy groups -OCH3 is 1. The summed E-state index contributed by atoms with van der Waals surface area (Å²) in [6.07, 6.45) is 2.74. The largest absolute Gasteiger partial charge is 0.380 e. The zero-order valence-electron chi connectivity index (χ0n) is 12.0. The van der Waals surface area contributed by atoms with Gasteiger partial charge in [0.1, 0.15) is 10.7 Å². The average molecular weight is 306 g/mol. The predicted octanol–water partition coefficient (Wildman–Crippen LogP) is 2.24. The van der Waals surface area contributed by atoms with Crippen LogP contribution in [-0.2, 0) is 27.7 Å². The minimum absolute atomic E-state index is 0.207. The highest BCUT2D eigenvalue weighted by Crippen LogP contribution is 2.18. The molecule has 1 N–H and O–H groups in total. The Balaban J connectivity index is 2.15. The van der Waals surface area contributed by atoms with E-state index in [0.29, 0.717) is 19.0 Å². The van der Waals surface area contributed by atoms with Crippen molar-refractivity contribution >= 4 is 15.7 Å². The maximum absolute atomic E-state index is 11.7. The number of anilines is 1. The number of sulfone groups is 1. The summed E-state index contributed by atoms with van der Waals surface area (Å²) in [5, 5.41) is 3.07. The molecule has 0 aliphatic heterocycles. The van der Waals surface area contributed by atoms with Crippen LogP contribution in [0.15, 0.2) is 47.5 Å². The number of nitrogens with zero attached hydrogens (tertiary/aromatic N) is 1. The summed E-state index contributed by atoms with van der Waals surface area (Å²) in [4.78, 5) is 4.31. The Morgan fingerprint density at radius 1 is 1.19 bits per heavy atom. The Morgan fingerprint density at radius 3 is 2.67 bits per heavy atom. The van der Waals surface area contributed by atoms with Gasteiger partial charge >= 0.3 is 0 Å². The van der Waals surface area contributed by atoms with Crippen molar-refractivity contribution in [1.29, 1.82) is 0 Å². The fourth-order valence-electron chi connectivity index (χ4n) is 2.00. The van der Waals surface area contributed by atoms with Crippen LogP contribution in [0.5, 0.6) is 0 Å². The molecule has 1 aromatic carbocycles. The Morgan fingerprint density at radius 2 is 1.95 bits per heavy atom. The average Bonchev–Trinajstić information content (AvgIpc) is 2.45. The van der Waals surface area contributed by atoms with Gasteiger partial charge in [0.2, 0.25) is 0 Å². The van der Waals surface area contributed by atoms with E-state index < -0.39 is 9.84 Å². The third-order valence-corrected chi connectivity index (χ3v) is 4.06. The number of hydrogen-bond acceptors (Lipinski definition) is 5. The van der Waals surface area contributed by atoms with Gasteiger partial charge in [-0.1, -0.05) is 24.3 Å². The summed E-state index contributed by atoms with van der Waals surface area (Å²) in [7, 11) is -1.65. The van der Waals surface area contributed by atoms with E-state index in [1.807, 2.05) is 24.3 Å². The van der Waals surface area contributed by atoms with Gasteiger partial charge in [-0.15, -0.1) is 0 Å². The van der Waals surface area contributed by atoms with Gasteiger partial charge in [0, 0.05) is 26.1 Å². The smallest absolute Gasteiger partial charge is 0.179 e. The maximum Gasteiger partial charge on any atom is 0.179 e. The summed E-state index contributed by atoms with van der Waals surface area (Å²) in [6.45, 7) is 1.04. The zero-order valence-corrected chi connectivity index (χ0v) is 12.9. The Kier molecular flexibility index (Phi) is 4.93. The third kappa shape index (κ3) is 4.27. The summed E-state index contributed by atoms with van der Waals surface area (Å²) in [5.74, 6) is 0.372. The van der Waals surface area contributed by atoms with Crippen molar-refractivity contribution in [3.8, 4) is 0 Å². The van der Waals surface area contributed by atoms with Crippen LogP contribution in [0.4, 0.5) is 5.82 Å². The lowest BCUT2D eigenvalue weighted by molar-refractivity contribution is 0.185. The minimum Gasteiger partial charge on any atom is -0.380 e. The number of benzene rings is 1. The summed E-state index contributed by atoms with van der Waals surface area (Å²) >= 11 is 0. The summed E-state index contributed by atoms with van der Waals surface area (Å²) < 4.78 is 28.5. The monoisotopic (exact) mass is 306 g/mol. The highest BCUT2D eigenvalue weighted by atomic mass is 32.2. The SMILES string of the molecule is COCc1cccc(CNc2ncccc2S(C)(=O)=O)c1. The molecule has 0 fully saturated rings. The number of ether oxygens (including phenoxy) is 1. The van der Waals surface area contributed by atoms with Gasteiger partial charge in [0.25, 0.3) is 0 Å². The number of nitrogens with one attached hydrogen (secondary N) is 1. The second-order valence-corrected chi connectivity index (χ2v) is 6.71. The standard InChI is InChI=1S/C15H18N2O3S/c1-20-11-13-6-3-5-12(9-13)10-17-15-14(21(2,18)19)7-4-8-16-15/h3-9H,10-11H2,1-2H3,(H,16,17). The quantitative estimate of drug-likeness (QED) is 0.886. The molecule has 0 atom stereocenters. The van der Waals surface area contributed by atoms with E-state index in [0.717, 1.165) is 11.1 Å². The van der Waals surface area contributed by atoms with Crippen molar-refractivity contribution in [1.82, 2.24) is 4.98 Å². The fraction of sp³-hybridized carbons (Fsp3) is 0.267. The topological polar surface area (TPSA) is 68.3 Å². The number of aromatic nitrogens is 1. The molecule has 6 heteroatoms. The van der Waals surface area contributed by atoms with Crippen molar-refractivity contribution in [3.63, 3.8) is 0 Å². The van der Waals surface area contributed by atoms with Gasteiger partial charge in [-0.3, -0.25) is 0 Å². The molecule has 0 aliphatic rings. The molecule has 112 valence electrons. The first-order valence-corrected chi connectivity index (χ1v) is 8.35. The molecule has 2 rings (SSSR count). The maximum atomic E-state index is 11.7. The van der Waals surface area contributed by atoms with Gasteiger partial charge in [0.05, 0.1) is 6.61 Å². The van der Waals surface area contributed by atoms with Crippen LogP contribution in [0.1, 0.15) is 11.1 Å². The molecule has 0 saturated carbocycles. The van der Waals surface area contributed by atoms with Crippen molar-refractivity contribution in [3.05, 3.63) is 53.7 Å². The van der Waals surface area contributed by atoms with E-state index in [9.17, 15) is 8.42 Å². The van der Waals surface area contributed by atoms with Crippen molar-refractivity contribution in [2.24, 2.45) is 0 Å². The van der Waals surface area contributed by atoms with Crippen molar-refractivity contribution in [2.75, 3.05) is 18.7 Å². The first kappa shape index (κ1) is 15.5. The van der Waals surface area contributed by atoms with Crippen LogP contribution < -0.4 is 5.32 Å². The summed E-state index contributed by atoms with van der Waals surface area (Å²) in [6, 6.07) is 11.1. The van der Waals surface area contributed by atoms with Crippen LogP contribution in [-0.4, -0.2) is 26.8 Å². The van der Waals surface area contributed by atoms with Crippen molar-refractivity contribution in [2.45, 2.75) is 18.0 Å². The molecule has 0 spiro atoms. The number of rotatable bonds is 6.